The van der Waals surface area contributed by atoms with Crippen LogP contribution in [0.5, 0.6) is 0 Å². The number of hydrogen-bond acceptors (Lipinski definition) is 4. The second-order valence-electron chi connectivity index (χ2n) is 5.34. The molecule has 0 bridgehead atoms. The Labute approximate surface area is 94.4 Å². The smallest absolute Gasteiger partial charge is 0.355 e. The Balaban J connectivity index is 4.74. The Hall–Kier alpha value is 0.0569. The van der Waals surface area contributed by atoms with E-state index < -0.39 is 9.05 Å². The summed E-state index contributed by atoms with van der Waals surface area (Å²) >= 11 is 0. The molecule has 0 unspecified atom stereocenters. The van der Waals surface area contributed by atoms with E-state index in [1.165, 1.54) is 0 Å². The van der Waals surface area contributed by atoms with Crippen molar-refractivity contribution >= 4 is 9.05 Å². The fourth-order valence-corrected chi connectivity index (χ4v) is 3.06. The van der Waals surface area contributed by atoms with Crippen LogP contribution in [0.4, 0.5) is 0 Å². The zero-order valence-electron chi connectivity index (χ0n) is 11.1. The van der Waals surface area contributed by atoms with E-state index in [9.17, 15) is 0 Å². The van der Waals surface area contributed by atoms with E-state index in [1.807, 2.05) is 41.5 Å². The molecule has 15 heavy (non-hydrogen) atoms. The topological polar surface area (TPSA) is 36.9 Å². The van der Waals surface area contributed by atoms with Gasteiger partial charge in [0, 0.05) is 14.2 Å². The van der Waals surface area contributed by atoms with Gasteiger partial charge in [0.05, 0.1) is 11.2 Å². The second-order valence-corrected chi connectivity index (χ2v) is 7.56. The fourth-order valence-electron chi connectivity index (χ4n) is 1.02. The lowest BCUT2D eigenvalue weighted by atomic mass is 10.2. The highest BCUT2D eigenvalue weighted by molar-refractivity contribution is 6.53. The number of hydrogen-bond donors (Lipinski definition) is 0. The number of rotatable bonds is 4. The van der Waals surface area contributed by atoms with Crippen LogP contribution in [0.3, 0.4) is 0 Å². The van der Waals surface area contributed by atoms with Gasteiger partial charge in [0.1, 0.15) is 0 Å². The van der Waals surface area contributed by atoms with E-state index in [0.29, 0.717) is 0 Å². The molecular weight excluding hydrogens is 212 g/mol. The van der Waals surface area contributed by atoms with E-state index in [4.69, 9.17) is 17.7 Å². The summed E-state index contributed by atoms with van der Waals surface area (Å²) in [5, 5.41) is 0. The van der Waals surface area contributed by atoms with Gasteiger partial charge in [-0.05, 0) is 41.5 Å². The highest BCUT2D eigenvalue weighted by Crippen LogP contribution is 2.24. The normalized spacial score (nSPS) is 14.4. The van der Waals surface area contributed by atoms with Crippen molar-refractivity contribution in [2.75, 3.05) is 14.2 Å². The fraction of sp³-hybridized carbons (Fsp3) is 1.00. The van der Waals surface area contributed by atoms with E-state index in [1.54, 1.807) is 14.2 Å². The maximum Gasteiger partial charge on any atom is 0.680 e. The lowest BCUT2D eigenvalue weighted by molar-refractivity contribution is -0.0928. The predicted octanol–water partition coefficient (Wildman–Crippen LogP) is 2.34. The highest BCUT2D eigenvalue weighted by atomic mass is 28.4. The maximum absolute atomic E-state index is 5.77. The summed E-state index contributed by atoms with van der Waals surface area (Å²) < 4.78 is 22.2. The molecule has 0 radical (unpaired) electrons. The third-order valence-corrected chi connectivity index (χ3v) is 4.09. The molecule has 0 saturated carbocycles. The minimum absolute atomic E-state index is 0.358. The molecule has 0 aromatic rings. The van der Waals surface area contributed by atoms with Crippen molar-refractivity contribution in [3.8, 4) is 0 Å². The standard InChI is InChI=1S/C10H24O4Si/c1-9(2,3)13-15(11-7,12-8)14-10(4,5)6/h1-8H3. The molecule has 0 aliphatic carbocycles. The quantitative estimate of drug-likeness (QED) is 0.702. The predicted molar refractivity (Wildman–Crippen MR) is 61.4 cm³/mol. The Morgan fingerprint density at radius 1 is 0.667 bits per heavy atom. The van der Waals surface area contributed by atoms with Crippen molar-refractivity contribution in [1.82, 2.24) is 0 Å². The van der Waals surface area contributed by atoms with Gasteiger partial charge in [-0.2, -0.15) is 0 Å². The van der Waals surface area contributed by atoms with Gasteiger partial charge in [0.2, 0.25) is 0 Å². The van der Waals surface area contributed by atoms with Crippen molar-refractivity contribution in [3.05, 3.63) is 0 Å². The minimum atomic E-state index is -3.01. The largest absolute Gasteiger partial charge is 0.680 e. The molecule has 4 nitrogen and oxygen atoms in total. The first-order valence-corrected chi connectivity index (χ1v) is 6.67. The zero-order chi connectivity index (χ0) is 12.3. The Kier molecular flexibility index (Phi) is 4.94. The first-order valence-electron chi connectivity index (χ1n) is 5.04. The van der Waals surface area contributed by atoms with Gasteiger partial charge >= 0.3 is 9.05 Å². The van der Waals surface area contributed by atoms with Crippen molar-refractivity contribution < 1.29 is 17.7 Å². The Morgan fingerprint density at radius 2 is 0.933 bits per heavy atom. The van der Waals surface area contributed by atoms with Crippen LogP contribution >= 0.6 is 0 Å². The Morgan fingerprint density at radius 3 is 1.07 bits per heavy atom. The first kappa shape index (κ1) is 15.1. The van der Waals surface area contributed by atoms with Gasteiger partial charge in [-0.15, -0.1) is 0 Å². The summed E-state index contributed by atoms with van der Waals surface area (Å²) in [7, 11) is 0.0833. The van der Waals surface area contributed by atoms with Crippen LogP contribution in [-0.4, -0.2) is 34.5 Å². The van der Waals surface area contributed by atoms with Crippen molar-refractivity contribution in [2.24, 2.45) is 0 Å². The van der Waals surface area contributed by atoms with Gasteiger partial charge in [-0.3, -0.25) is 0 Å². The van der Waals surface area contributed by atoms with E-state index >= 15 is 0 Å². The van der Waals surface area contributed by atoms with Crippen LogP contribution < -0.4 is 0 Å². The van der Waals surface area contributed by atoms with Crippen LogP contribution in [0.1, 0.15) is 41.5 Å². The van der Waals surface area contributed by atoms with Gasteiger partial charge in [-0.25, -0.2) is 0 Å². The molecule has 0 atom stereocenters. The summed E-state index contributed by atoms with van der Waals surface area (Å²) in [4.78, 5) is 0. The molecule has 5 heteroatoms. The summed E-state index contributed by atoms with van der Waals surface area (Å²) in [5.74, 6) is 0. The summed E-state index contributed by atoms with van der Waals surface area (Å²) in [6.45, 7) is 11.7. The van der Waals surface area contributed by atoms with Crippen LogP contribution in [0.2, 0.25) is 0 Å². The summed E-state index contributed by atoms with van der Waals surface area (Å²) in [6, 6.07) is 0. The van der Waals surface area contributed by atoms with Gasteiger partial charge in [0.15, 0.2) is 0 Å². The third kappa shape index (κ3) is 6.27. The Bertz CT molecular complexity index is 171. The molecule has 0 N–H and O–H groups in total. The zero-order valence-corrected chi connectivity index (χ0v) is 12.1. The first-order chi connectivity index (χ1) is 6.54. The minimum Gasteiger partial charge on any atom is -0.355 e. The van der Waals surface area contributed by atoms with Gasteiger partial charge in [-0.1, -0.05) is 0 Å². The SMILES string of the molecule is CO[Si](OC)(OC(C)(C)C)OC(C)(C)C. The molecule has 0 spiro atoms. The molecular formula is C10H24O4Si. The highest BCUT2D eigenvalue weighted by Gasteiger charge is 2.49. The van der Waals surface area contributed by atoms with E-state index in [2.05, 4.69) is 0 Å². The molecule has 0 heterocycles. The molecule has 0 aromatic carbocycles. The molecule has 0 saturated heterocycles. The molecule has 92 valence electrons. The molecule has 0 amide bonds. The van der Waals surface area contributed by atoms with Crippen LogP contribution in [0, 0.1) is 0 Å². The molecule has 0 rings (SSSR count). The van der Waals surface area contributed by atoms with Crippen LogP contribution in [0.15, 0.2) is 0 Å². The van der Waals surface area contributed by atoms with E-state index in [0.717, 1.165) is 0 Å². The average Bonchev–Trinajstić information content (AvgIpc) is 1.98. The summed E-state index contributed by atoms with van der Waals surface area (Å²) in [5.41, 5.74) is -0.715. The lowest BCUT2D eigenvalue weighted by Crippen LogP contribution is -2.55. The van der Waals surface area contributed by atoms with Gasteiger partial charge in [0.25, 0.3) is 0 Å². The van der Waals surface area contributed by atoms with E-state index in [-0.39, 0.29) is 11.2 Å². The molecule has 0 fully saturated rings. The third-order valence-electron chi connectivity index (χ3n) is 1.36. The average molecular weight is 236 g/mol. The lowest BCUT2D eigenvalue weighted by Gasteiger charge is -2.36. The van der Waals surface area contributed by atoms with Crippen molar-refractivity contribution in [1.29, 1.82) is 0 Å². The van der Waals surface area contributed by atoms with Crippen LogP contribution in [0.25, 0.3) is 0 Å². The van der Waals surface area contributed by atoms with Gasteiger partial charge < -0.3 is 17.7 Å². The molecule has 0 aromatic heterocycles. The molecule has 0 aliphatic rings. The van der Waals surface area contributed by atoms with Crippen molar-refractivity contribution in [3.63, 3.8) is 0 Å². The van der Waals surface area contributed by atoms with Crippen molar-refractivity contribution in [2.45, 2.75) is 52.7 Å². The van der Waals surface area contributed by atoms with Crippen LogP contribution in [-0.2, 0) is 17.7 Å². The monoisotopic (exact) mass is 236 g/mol. The summed E-state index contributed by atoms with van der Waals surface area (Å²) in [6.07, 6.45) is 0. The maximum atomic E-state index is 5.77. The molecule has 0 aliphatic heterocycles. The second kappa shape index (κ2) is 4.93.